The van der Waals surface area contributed by atoms with Gasteiger partial charge in [-0.2, -0.15) is 0 Å². The molecule has 0 unspecified atom stereocenters. The predicted molar refractivity (Wildman–Crippen MR) is 115 cm³/mol. The Morgan fingerprint density at radius 1 is 1.07 bits per heavy atom. The van der Waals surface area contributed by atoms with Crippen LogP contribution in [-0.4, -0.2) is 65.1 Å². The molecule has 1 amide bonds. The number of hydrogen-bond acceptors (Lipinski definition) is 4. The molecule has 0 spiro atoms. The van der Waals surface area contributed by atoms with Gasteiger partial charge < -0.3 is 15.0 Å². The molecule has 2 aromatic rings. The van der Waals surface area contributed by atoms with Crippen molar-refractivity contribution in [2.24, 2.45) is 0 Å². The summed E-state index contributed by atoms with van der Waals surface area (Å²) in [5.41, 5.74) is 1.49. The minimum atomic E-state index is -3.60. The van der Waals surface area contributed by atoms with E-state index in [1.807, 2.05) is 25.1 Å². The summed E-state index contributed by atoms with van der Waals surface area (Å²) in [6, 6.07) is 16.2. The maximum Gasteiger partial charge on any atom is 0.251 e. The number of ether oxygens (including phenoxy) is 1. The third kappa shape index (κ3) is 5.07. The van der Waals surface area contributed by atoms with E-state index in [0.717, 1.165) is 23.0 Å². The highest BCUT2D eigenvalue weighted by molar-refractivity contribution is 7.89. The maximum absolute atomic E-state index is 13.0. The summed E-state index contributed by atoms with van der Waals surface area (Å²) in [7, 11) is -0.659. The van der Waals surface area contributed by atoms with Crippen molar-refractivity contribution < 1.29 is 22.8 Å². The Bertz CT molecular complexity index is 957. The van der Waals surface area contributed by atoms with Crippen molar-refractivity contribution in [3.63, 3.8) is 0 Å². The molecule has 3 rings (SSSR count). The molecular formula is C22H30N3O4S+. The van der Waals surface area contributed by atoms with Crippen LogP contribution >= 0.6 is 0 Å². The Morgan fingerprint density at radius 2 is 1.73 bits per heavy atom. The van der Waals surface area contributed by atoms with Crippen molar-refractivity contribution in [3.05, 3.63) is 65.7 Å². The van der Waals surface area contributed by atoms with Crippen molar-refractivity contribution in [2.45, 2.75) is 23.9 Å². The molecule has 1 heterocycles. The number of quaternary nitrogens is 1. The monoisotopic (exact) mass is 432 g/mol. The van der Waals surface area contributed by atoms with E-state index in [1.165, 1.54) is 31.1 Å². The first-order chi connectivity index (χ1) is 14.3. The summed E-state index contributed by atoms with van der Waals surface area (Å²) in [6.07, 6.45) is 0. The van der Waals surface area contributed by atoms with Gasteiger partial charge in [-0.3, -0.25) is 4.79 Å². The van der Waals surface area contributed by atoms with Crippen LogP contribution in [-0.2, 0) is 14.8 Å². The van der Waals surface area contributed by atoms with Gasteiger partial charge in [0, 0.05) is 25.2 Å². The molecular weight excluding hydrogens is 402 g/mol. The third-order valence-corrected chi connectivity index (χ3v) is 7.28. The van der Waals surface area contributed by atoms with Gasteiger partial charge in [0.2, 0.25) is 10.0 Å². The van der Waals surface area contributed by atoms with E-state index in [1.54, 1.807) is 12.1 Å². The quantitative estimate of drug-likeness (QED) is 0.676. The number of nitrogens with one attached hydrogen (secondary N) is 2. The van der Waals surface area contributed by atoms with Crippen molar-refractivity contribution in [2.75, 3.05) is 40.4 Å². The minimum Gasteiger partial charge on any atom is -0.370 e. The number of rotatable bonds is 7. The van der Waals surface area contributed by atoms with Gasteiger partial charge >= 0.3 is 0 Å². The zero-order chi connectivity index (χ0) is 21.7. The summed E-state index contributed by atoms with van der Waals surface area (Å²) < 4.78 is 31.5. The van der Waals surface area contributed by atoms with Gasteiger partial charge in [0.05, 0.1) is 24.2 Å². The molecule has 0 aromatic heterocycles. The first kappa shape index (κ1) is 22.4. The maximum atomic E-state index is 13.0. The van der Waals surface area contributed by atoms with E-state index >= 15 is 0 Å². The number of sulfonamides is 1. The first-order valence-electron chi connectivity index (χ1n) is 10.1. The Morgan fingerprint density at radius 3 is 2.37 bits per heavy atom. The molecule has 1 aliphatic heterocycles. The van der Waals surface area contributed by atoms with Crippen molar-refractivity contribution >= 4 is 15.9 Å². The number of carbonyl (C=O) groups excluding carboxylic acids is 1. The number of carbonyl (C=O) groups is 1. The van der Waals surface area contributed by atoms with Gasteiger partial charge in [-0.1, -0.05) is 36.4 Å². The van der Waals surface area contributed by atoms with Crippen LogP contribution in [0.3, 0.4) is 0 Å². The smallest absolute Gasteiger partial charge is 0.251 e. The van der Waals surface area contributed by atoms with Gasteiger partial charge in [-0.15, -0.1) is 0 Å². The number of hydrogen-bond donors (Lipinski definition) is 2. The van der Waals surface area contributed by atoms with Crippen LogP contribution in [0.4, 0.5) is 0 Å². The van der Waals surface area contributed by atoms with Crippen molar-refractivity contribution in [3.8, 4) is 0 Å². The van der Waals surface area contributed by atoms with Gasteiger partial charge in [-0.25, -0.2) is 12.7 Å². The summed E-state index contributed by atoms with van der Waals surface area (Å²) in [6.45, 7) is 5.14. The molecule has 162 valence electrons. The SMILES string of the molecule is C[C@@H](NC(=O)c1cccc(S(=O)(=O)N(C)C)c1)[C@@H](c1ccccc1)[NH+]1CCOCC1. The number of morpholine rings is 1. The molecule has 7 nitrogen and oxygen atoms in total. The zero-order valence-electron chi connectivity index (χ0n) is 17.7. The van der Waals surface area contributed by atoms with E-state index in [4.69, 9.17) is 4.74 Å². The lowest BCUT2D eigenvalue weighted by molar-refractivity contribution is -0.940. The Labute approximate surface area is 178 Å². The molecule has 0 bridgehead atoms. The second-order valence-electron chi connectivity index (χ2n) is 7.74. The molecule has 1 fully saturated rings. The third-order valence-electron chi connectivity index (χ3n) is 5.47. The fraction of sp³-hybridized carbons (Fsp3) is 0.409. The Balaban J connectivity index is 1.82. The predicted octanol–water partition coefficient (Wildman–Crippen LogP) is 0.712. The van der Waals surface area contributed by atoms with Crippen LogP contribution in [0.1, 0.15) is 28.9 Å². The summed E-state index contributed by atoms with van der Waals surface area (Å²) in [5, 5.41) is 3.09. The lowest BCUT2D eigenvalue weighted by Crippen LogP contribution is -3.15. The topological polar surface area (TPSA) is 80.2 Å². The normalized spacial score (nSPS) is 17.5. The van der Waals surface area contributed by atoms with Crippen LogP contribution in [0.25, 0.3) is 0 Å². The molecule has 1 saturated heterocycles. The average molecular weight is 433 g/mol. The lowest BCUT2D eigenvalue weighted by Gasteiger charge is -2.35. The van der Waals surface area contributed by atoms with Crippen LogP contribution in [0.15, 0.2) is 59.5 Å². The van der Waals surface area contributed by atoms with E-state index in [-0.39, 0.29) is 22.9 Å². The van der Waals surface area contributed by atoms with Gasteiger partial charge in [0.25, 0.3) is 5.91 Å². The molecule has 8 heteroatoms. The first-order valence-corrected chi connectivity index (χ1v) is 11.6. The Hall–Kier alpha value is -2.26. The standard InChI is InChI=1S/C22H29N3O4S/c1-17(21(18-8-5-4-6-9-18)25-12-14-29-15-13-25)23-22(26)19-10-7-11-20(16-19)30(27,28)24(2)3/h4-11,16-17,21H,12-15H2,1-3H3,(H,23,26)/p+1/t17-,21+/m1/s1. The van der Waals surface area contributed by atoms with E-state index in [0.29, 0.717) is 18.8 Å². The zero-order valence-corrected chi connectivity index (χ0v) is 18.5. The largest absolute Gasteiger partial charge is 0.370 e. The van der Waals surface area contributed by atoms with E-state index in [2.05, 4.69) is 17.4 Å². The highest BCUT2D eigenvalue weighted by Gasteiger charge is 2.32. The molecule has 2 atom stereocenters. The van der Waals surface area contributed by atoms with Crippen LogP contribution in [0, 0.1) is 0 Å². The van der Waals surface area contributed by atoms with Gasteiger partial charge in [-0.05, 0) is 25.1 Å². The number of nitrogens with zero attached hydrogens (tertiary/aromatic N) is 1. The minimum absolute atomic E-state index is 0.0766. The van der Waals surface area contributed by atoms with E-state index in [9.17, 15) is 13.2 Å². The number of benzene rings is 2. The fourth-order valence-corrected chi connectivity index (χ4v) is 4.81. The summed E-state index contributed by atoms with van der Waals surface area (Å²) in [5.74, 6) is -0.285. The molecule has 0 aliphatic carbocycles. The van der Waals surface area contributed by atoms with Crippen LogP contribution in [0.2, 0.25) is 0 Å². The molecule has 0 saturated carbocycles. The highest BCUT2D eigenvalue weighted by Crippen LogP contribution is 2.17. The molecule has 30 heavy (non-hydrogen) atoms. The second kappa shape index (κ2) is 9.70. The molecule has 1 aliphatic rings. The van der Waals surface area contributed by atoms with Gasteiger partial charge in [0.15, 0.2) is 0 Å². The fourth-order valence-electron chi connectivity index (χ4n) is 3.86. The average Bonchev–Trinajstić information content (AvgIpc) is 2.75. The highest BCUT2D eigenvalue weighted by atomic mass is 32.2. The molecule has 2 N–H and O–H groups in total. The summed E-state index contributed by atoms with van der Waals surface area (Å²) >= 11 is 0. The lowest BCUT2D eigenvalue weighted by atomic mass is 9.97. The van der Waals surface area contributed by atoms with Crippen molar-refractivity contribution in [1.29, 1.82) is 0 Å². The van der Waals surface area contributed by atoms with Crippen LogP contribution in [0.5, 0.6) is 0 Å². The van der Waals surface area contributed by atoms with E-state index < -0.39 is 10.0 Å². The Kier molecular flexibility index (Phi) is 7.25. The molecule has 0 radical (unpaired) electrons. The summed E-state index contributed by atoms with van der Waals surface area (Å²) in [4.78, 5) is 14.4. The second-order valence-corrected chi connectivity index (χ2v) is 9.89. The van der Waals surface area contributed by atoms with Crippen molar-refractivity contribution in [1.82, 2.24) is 9.62 Å². The molecule has 2 aromatic carbocycles. The van der Waals surface area contributed by atoms with Crippen LogP contribution < -0.4 is 10.2 Å². The number of amides is 1. The van der Waals surface area contributed by atoms with Gasteiger partial charge in [0.1, 0.15) is 19.1 Å².